The molecular formula is C5H9Cl4NSi2. The molecule has 70 valence electrons. The Hall–Kier alpha value is 1.03. The van der Waals surface area contributed by atoms with E-state index >= 15 is 0 Å². The molecule has 0 amide bonds. The summed E-state index contributed by atoms with van der Waals surface area (Å²) in [4.78, 5) is 0. The molecule has 1 nitrogen and oxygen atoms in total. The van der Waals surface area contributed by atoms with Gasteiger partial charge in [0.2, 0.25) is 0 Å². The quantitative estimate of drug-likeness (QED) is 0.565. The predicted octanol–water partition coefficient (Wildman–Crippen LogP) is 3.20. The fourth-order valence-electron chi connectivity index (χ4n) is 0.473. The summed E-state index contributed by atoms with van der Waals surface area (Å²) >= 11 is 23.9. The number of rotatable bonds is 4. The Bertz CT molecular complexity index is 174. The first-order valence-corrected chi connectivity index (χ1v) is 11.1. The molecule has 0 aromatic rings. The minimum Gasteiger partial charge on any atom is -0.294 e. The molecule has 0 heterocycles. The van der Waals surface area contributed by atoms with Gasteiger partial charge in [0.05, 0.1) is 0 Å². The molecule has 0 aliphatic carbocycles. The van der Waals surface area contributed by atoms with Crippen molar-refractivity contribution < 1.29 is 0 Å². The summed E-state index contributed by atoms with van der Waals surface area (Å²) in [7, 11) is 1.68. The lowest BCUT2D eigenvalue weighted by Gasteiger charge is -2.32. The Kier molecular flexibility index (Phi) is 4.89. The lowest BCUT2D eigenvalue weighted by molar-refractivity contribution is 0.834. The van der Waals surface area contributed by atoms with Gasteiger partial charge in [-0.15, -0.1) is 57.5 Å². The molecule has 0 saturated heterocycles. The van der Waals surface area contributed by atoms with E-state index in [1.54, 1.807) is 11.3 Å². The molecule has 0 radical (unpaired) electrons. The van der Waals surface area contributed by atoms with Crippen LogP contribution >= 0.6 is 44.3 Å². The van der Waals surface area contributed by atoms with E-state index < -0.39 is 13.7 Å². The van der Waals surface area contributed by atoms with Crippen molar-refractivity contribution in [2.75, 3.05) is 7.05 Å². The molecule has 0 aromatic carbocycles. The van der Waals surface area contributed by atoms with E-state index in [9.17, 15) is 0 Å². The number of hydrogen-bond donors (Lipinski definition) is 0. The Morgan fingerprint density at radius 1 is 1.00 bits per heavy atom. The maximum atomic E-state index is 5.96. The van der Waals surface area contributed by atoms with Crippen LogP contribution in [0.25, 0.3) is 0 Å². The first kappa shape index (κ1) is 13.0. The third-order valence-electron chi connectivity index (χ3n) is 1.39. The van der Waals surface area contributed by atoms with Crippen LogP contribution in [-0.2, 0) is 0 Å². The monoisotopic (exact) mass is 279 g/mol. The molecule has 0 aliphatic rings. The molecule has 0 N–H and O–H groups in total. The molecule has 12 heavy (non-hydrogen) atoms. The molecular weight excluding hydrogens is 272 g/mol. The SMILES string of the molecule is C=C[Si](Cl)(Cl)N(C)[Si](Cl)(Cl)C=C. The molecule has 0 bridgehead atoms. The summed E-state index contributed by atoms with van der Waals surface area (Å²) in [6, 6.07) is 0. The molecule has 0 spiro atoms. The third-order valence-corrected chi connectivity index (χ3v) is 12.9. The topological polar surface area (TPSA) is 3.24 Å². The van der Waals surface area contributed by atoms with Crippen molar-refractivity contribution in [3.8, 4) is 0 Å². The summed E-state index contributed by atoms with van der Waals surface area (Å²) in [5, 5.41) is 0. The lowest BCUT2D eigenvalue weighted by Crippen LogP contribution is -2.53. The molecule has 0 fully saturated rings. The number of halogens is 4. The largest absolute Gasteiger partial charge is 0.344 e. The molecule has 7 heteroatoms. The van der Waals surface area contributed by atoms with Crippen LogP contribution in [0.4, 0.5) is 0 Å². The number of nitrogens with zero attached hydrogens (tertiary/aromatic N) is 1. The smallest absolute Gasteiger partial charge is 0.294 e. The average Bonchev–Trinajstić information content (AvgIpc) is 2.03. The van der Waals surface area contributed by atoms with Crippen LogP contribution in [0.2, 0.25) is 0 Å². The van der Waals surface area contributed by atoms with Gasteiger partial charge in [-0.2, -0.15) is 0 Å². The van der Waals surface area contributed by atoms with E-state index in [2.05, 4.69) is 13.2 Å². The Morgan fingerprint density at radius 2 is 1.25 bits per heavy atom. The van der Waals surface area contributed by atoms with Crippen LogP contribution in [0.1, 0.15) is 0 Å². The first-order valence-electron chi connectivity index (χ1n) is 3.04. The number of hydrogen-bond acceptors (Lipinski definition) is 1. The molecule has 0 rings (SSSR count). The van der Waals surface area contributed by atoms with Crippen molar-refractivity contribution >= 4 is 58.0 Å². The van der Waals surface area contributed by atoms with Crippen LogP contribution in [0.15, 0.2) is 24.6 Å². The normalized spacial score (nSPS) is 13.2. The Labute approximate surface area is 93.5 Å². The highest BCUT2D eigenvalue weighted by atomic mass is 35.7. The Morgan fingerprint density at radius 3 is 1.42 bits per heavy atom. The van der Waals surface area contributed by atoms with Crippen molar-refractivity contribution in [1.29, 1.82) is 0 Å². The lowest BCUT2D eigenvalue weighted by atomic mass is 11.3. The zero-order chi connectivity index (χ0) is 9.99. The highest BCUT2D eigenvalue weighted by Gasteiger charge is 2.43. The van der Waals surface area contributed by atoms with Crippen molar-refractivity contribution in [2.45, 2.75) is 0 Å². The van der Waals surface area contributed by atoms with E-state index in [1.165, 1.54) is 11.4 Å². The van der Waals surface area contributed by atoms with E-state index in [1.807, 2.05) is 0 Å². The minimum atomic E-state index is -2.67. The van der Waals surface area contributed by atoms with Crippen molar-refractivity contribution in [2.24, 2.45) is 0 Å². The summed E-state index contributed by atoms with van der Waals surface area (Å²) in [6.45, 7) is 1.72. The summed E-state index contributed by atoms with van der Waals surface area (Å²) in [5.74, 6) is 0. The van der Waals surface area contributed by atoms with Gasteiger partial charge in [0, 0.05) is 0 Å². The van der Waals surface area contributed by atoms with Crippen LogP contribution < -0.4 is 0 Å². The van der Waals surface area contributed by atoms with Crippen LogP contribution in [0, 0.1) is 0 Å². The van der Waals surface area contributed by atoms with Gasteiger partial charge < -0.3 is 0 Å². The fraction of sp³-hybridized carbons (Fsp3) is 0.200. The van der Waals surface area contributed by atoms with Gasteiger partial charge >= 0.3 is 13.7 Å². The Balaban J connectivity index is 4.69. The summed E-state index contributed by atoms with van der Waals surface area (Å²) in [5.41, 5.74) is 2.98. The maximum absolute atomic E-state index is 5.96. The van der Waals surface area contributed by atoms with E-state index in [0.717, 1.165) is 0 Å². The van der Waals surface area contributed by atoms with Gasteiger partial charge in [-0.05, 0) is 7.05 Å². The molecule has 0 aromatic heterocycles. The van der Waals surface area contributed by atoms with Gasteiger partial charge in [-0.1, -0.05) is 11.4 Å². The minimum absolute atomic E-state index is 1.49. The molecule has 0 saturated carbocycles. The van der Waals surface area contributed by atoms with Gasteiger partial charge in [0.1, 0.15) is 0 Å². The predicted molar refractivity (Wildman–Crippen MR) is 63.1 cm³/mol. The zero-order valence-corrected chi connectivity index (χ0v) is 11.6. The van der Waals surface area contributed by atoms with E-state index in [-0.39, 0.29) is 0 Å². The second kappa shape index (κ2) is 4.50. The standard InChI is InChI=1S/C5H9Cl4NSi2/c1-4-11(6,7)10(3)12(8,9)5-2/h4-5H,1-2H2,3H3. The van der Waals surface area contributed by atoms with E-state index in [4.69, 9.17) is 44.3 Å². The highest BCUT2D eigenvalue weighted by Crippen LogP contribution is 2.30. The molecule has 0 atom stereocenters. The summed E-state index contributed by atoms with van der Waals surface area (Å²) < 4.78 is 1.59. The van der Waals surface area contributed by atoms with Gasteiger partial charge in [0.15, 0.2) is 0 Å². The zero-order valence-electron chi connectivity index (χ0n) is 6.53. The molecule has 0 aliphatic heterocycles. The van der Waals surface area contributed by atoms with E-state index in [0.29, 0.717) is 0 Å². The molecule has 0 unspecified atom stereocenters. The second-order valence-corrected chi connectivity index (χ2v) is 15.2. The van der Waals surface area contributed by atoms with Crippen molar-refractivity contribution in [1.82, 2.24) is 4.23 Å². The van der Waals surface area contributed by atoms with Crippen LogP contribution in [-0.4, -0.2) is 25.0 Å². The third kappa shape index (κ3) is 3.07. The van der Waals surface area contributed by atoms with Crippen LogP contribution in [0.5, 0.6) is 0 Å². The van der Waals surface area contributed by atoms with Gasteiger partial charge in [-0.3, -0.25) is 4.23 Å². The first-order chi connectivity index (χ1) is 5.28. The van der Waals surface area contributed by atoms with Crippen molar-refractivity contribution in [3.05, 3.63) is 24.6 Å². The van der Waals surface area contributed by atoms with Gasteiger partial charge in [-0.25, -0.2) is 0 Å². The van der Waals surface area contributed by atoms with Gasteiger partial charge in [0.25, 0.3) is 0 Å². The van der Waals surface area contributed by atoms with Crippen molar-refractivity contribution in [3.63, 3.8) is 0 Å². The highest BCUT2D eigenvalue weighted by molar-refractivity contribution is 7.56. The second-order valence-electron chi connectivity index (χ2n) is 2.14. The van der Waals surface area contributed by atoms with Crippen LogP contribution in [0.3, 0.4) is 0 Å². The fourth-order valence-corrected chi connectivity index (χ4v) is 9.51. The average molecular weight is 281 g/mol. The maximum Gasteiger partial charge on any atom is 0.344 e. The summed E-state index contributed by atoms with van der Waals surface area (Å²) in [6.07, 6.45) is 0.